The lowest BCUT2D eigenvalue weighted by Gasteiger charge is -1.99. The van der Waals surface area contributed by atoms with Gasteiger partial charge in [0.2, 0.25) is 0 Å². The predicted octanol–water partition coefficient (Wildman–Crippen LogP) is 1.76. The van der Waals surface area contributed by atoms with Gasteiger partial charge in [-0.3, -0.25) is 4.79 Å². The molecule has 1 aromatic heterocycles. The van der Waals surface area contributed by atoms with Gasteiger partial charge in [-0.25, -0.2) is 4.98 Å². The number of aromatic amines is 1. The van der Waals surface area contributed by atoms with E-state index in [0.717, 1.165) is 17.1 Å². The Morgan fingerprint density at radius 1 is 1.37 bits per heavy atom. The molecule has 0 unspecified atom stereocenters. The fourth-order valence-corrected chi connectivity index (χ4v) is 1.70. The molecule has 0 aliphatic heterocycles. The second-order valence-corrected chi connectivity index (χ2v) is 4.00. The first-order valence-corrected chi connectivity index (χ1v) is 6.09. The fourth-order valence-electron chi connectivity index (χ4n) is 1.70. The number of amides is 1. The maximum atomic E-state index is 11.1. The van der Waals surface area contributed by atoms with Gasteiger partial charge in [0.05, 0.1) is 0 Å². The van der Waals surface area contributed by atoms with Crippen LogP contribution in [-0.2, 0) is 11.2 Å². The molecule has 19 heavy (non-hydrogen) atoms. The molecule has 0 radical (unpaired) electrons. The summed E-state index contributed by atoms with van der Waals surface area (Å²) in [5.41, 5.74) is 2.04. The molecule has 2 aromatic rings. The van der Waals surface area contributed by atoms with E-state index in [4.69, 9.17) is 0 Å². The number of hydrogen-bond acceptors (Lipinski definition) is 2. The average Bonchev–Trinajstić information content (AvgIpc) is 2.89. The lowest BCUT2D eigenvalue weighted by molar-refractivity contribution is -0.115. The second-order valence-electron chi connectivity index (χ2n) is 4.00. The Morgan fingerprint density at radius 3 is 2.89 bits per heavy atom. The van der Waals surface area contributed by atoms with E-state index in [1.54, 1.807) is 13.1 Å². The van der Waals surface area contributed by atoms with Crippen molar-refractivity contribution in [3.8, 4) is 23.2 Å². The van der Waals surface area contributed by atoms with Gasteiger partial charge in [-0.2, -0.15) is 0 Å². The smallest absolute Gasteiger partial charge is 0.295 e. The SMILES string of the molecule is CC#CC(=O)NCCc1cnc(-c2ccccc2)[nH]1. The Kier molecular flexibility index (Phi) is 4.35. The van der Waals surface area contributed by atoms with E-state index in [-0.39, 0.29) is 5.91 Å². The van der Waals surface area contributed by atoms with Crippen molar-refractivity contribution in [2.45, 2.75) is 13.3 Å². The average molecular weight is 253 g/mol. The van der Waals surface area contributed by atoms with Crippen LogP contribution in [0, 0.1) is 11.8 Å². The largest absolute Gasteiger partial charge is 0.345 e. The summed E-state index contributed by atoms with van der Waals surface area (Å²) in [5.74, 6) is 5.59. The third-order valence-corrected chi connectivity index (χ3v) is 2.59. The molecule has 0 fully saturated rings. The van der Waals surface area contributed by atoms with Crippen LogP contribution in [0.2, 0.25) is 0 Å². The highest BCUT2D eigenvalue weighted by Gasteiger charge is 2.03. The molecule has 96 valence electrons. The molecular formula is C15H15N3O. The second kappa shape index (κ2) is 6.41. The number of H-pyrrole nitrogens is 1. The van der Waals surface area contributed by atoms with Gasteiger partial charge in [0.15, 0.2) is 0 Å². The molecular weight excluding hydrogens is 238 g/mol. The predicted molar refractivity (Wildman–Crippen MR) is 74.2 cm³/mol. The third kappa shape index (κ3) is 3.71. The minimum atomic E-state index is -0.245. The molecule has 2 rings (SSSR count). The van der Waals surface area contributed by atoms with Crippen LogP contribution in [0.4, 0.5) is 0 Å². The standard InChI is InChI=1S/C15H15N3O/c1-2-6-14(19)16-10-9-13-11-17-15(18-13)12-7-4-3-5-8-12/h3-5,7-8,11H,9-10H2,1H3,(H,16,19)(H,17,18). The van der Waals surface area contributed by atoms with Crippen molar-refractivity contribution in [1.82, 2.24) is 15.3 Å². The number of aromatic nitrogens is 2. The number of benzene rings is 1. The van der Waals surface area contributed by atoms with Gasteiger partial charge in [0.1, 0.15) is 5.82 Å². The van der Waals surface area contributed by atoms with Crippen LogP contribution in [0.3, 0.4) is 0 Å². The van der Waals surface area contributed by atoms with Gasteiger partial charge < -0.3 is 10.3 Å². The molecule has 0 saturated heterocycles. The zero-order valence-electron chi connectivity index (χ0n) is 10.7. The first-order valence-electron chi connectivity index (χ1n) is 6.09. The maximum Gasteiger partial charge on any atom is 0.295 e. The number of carbonyl (C=O) groups excluding carboxylic acids is 1. The van der Waals surface area contributed by atoms with Crippen LogP contribution in [0.25, 0.3) is 11.4 Å². The summed E-state index contributed by atoms with van der Waals surface area (Å²) < 4.78 is 0. The monoisotopic (exact) mass is 253 g/mol. The fraction of sp³-hybridized carbons (Fsp3) is 0.200. The number of nitrogens with one attached hydrogen (secondary N) is 2. The van der Waals surface area contributed by atoms with E-state index in [9.17, 15) is 4.79 Å². The van der Waals surface area contributed by atoms with Crippen molar-refractivity contribution >= 4 is 5.91 Å². The Balaban J connectivity index is 1.91. The Labute approximate surface area is 112 Å². The summed E-state index contributed by atoms with van der Waals surface area (Å²) in [6, 6.07) is 9.92. The molecule has 0 spiro atoms. The highest BCUT2D eigenvalue weighted by Crippen LogP contribution is 2.14. The van der Waals surface area contributed by atoms with Crippen LogP contribution in [0.15, 0.2) is 36.5 Å². The highest BCUT2D eigenvalue weighted by molar-refractivity contribution is 5.93. The molecule has 1 amide bonds. The molecule has 2 N–H and O–H groups in total. The first kappa shape index (κ1) is 12.9. The van der Waals surface area contributed by atoms with Crippen LogP contribution in [-0.4, -0.2) is 22.4 Å². The van der Waals surface area contributed by atoms with Crippen LogP contribution < -0.4 is 5.32 Å². The topological polar surface area (TPSA) is 57.8 Å². The minimum Gasteiger partial charge on any atom is -0.345 e. The Bertz CT molecular complexity index is 605. The van der Waals surface area contributed by atoms with Crippen LogP contribution in [0.5, 0.6) is 0 Å². The third-order valence-electron chi connectivity index (χ3n) is 2.59. The van der Waals surface area contributed by atoms with Gasteiger partial charge in [-0.05, 0) is 12.8 Å². The summed E-state index contributed by atoms with van der Waals surface area (Å²) in [7, 11) is 0. The number of hydrogen-bond donors (Lipinski definition) is 2. The van der Waals surface area contributed by atoms with Crippen molar-refractivity contribution in [2.75, 3.05) is 6.54 Å². The van der Waals surface area contributed by atoms with Gasteiger partial charge in [0.25, 0.3) is 5.91 Å². The highest BCUT2D eigenvalue weighted by atomic mass is 16.1. The van der Waals surface area contributed by atoms with Crippen molar-refractivity contribution in [1.29, 1.82) is 0 Å². The molecule has 1 aromatic carbocycles. The van der Waals surface area contributed by atoms with Crippen LogP contribution in [0.1, 0.15) is 12.6 Å². The summed E-state index contributed by atoms with van der Waals surface area (Å²) in [5, 5.41) is 2.72. The molecule has 0 bridgehead atoms. The van der Waals surface area contributed by atoms with Gasteiger partial charge in [0, 0.05) is 30.4 Å². The van der Waals surface area contributed by atoms with Crippen LogP contribution >= 0.6 is 0 Å². The molecule has 0 aliphatic rings. The van der Waals surface area contributed by atoms with E-state index < -0.39 is 0 Å². The number of nitrogens with zero attached hydrogens (tertiary/aromatic N) is 1. The Hall–Kier alpha value is -2.54. The molecule has 1 heterocycles. The molecule has 0 aliphatic carbocycles. The number of carbonyl (C=O) groups is 1. The van der Waals surface area contributed by atoms with E-state index in [0.29, 0.717) is 13.0 Å². The zero-order valence-corrected chi connectivity index (χ0v) is 10.7. The number of imidazole rings is 1. The van der Waals surface area contributed by atoms with Gasteiger partial charge >= 0.3 is 0 Å². The van der Waals surface area contributed by atoms with Crippen molar-refractivity contribution in [3.63, 3.8) is 0 Å². The summed E-state index contributed by atoms with van der Waals surface area (Å²) in [6.45, 7) is 2.19. The van der Waals surface area contributed by atoms with E-state index >= 15 is 0 Å². The van der Waals surface area contributed by atoms with E-state index in [2.05, 4.69) is 27.1 Å². The summed E-state index contributed by atoms with van der Waals surface area (Å²) >= 11 is 0. The lowest BCUT2D eigenvalue weighted by atomic mass is 10.2. The summed E-state index contributed by atoms with van der Waals surface area (Å²) in [4.78, 5) is 18.7. The maximum absolute atomic E-state index is 11.1. The zero-order chi connectivity index (χ0) is 13.5. The van der Waals surface area contributed by atoms with Crippen molar-refractivity contribution < 1.29 is 4.79 Å². The quantitative estimate of drug-likeness (QED) is 0.816. The number of rotatable bonds is 4. The molecule has 0 saturated carbocycles. The Morgan fingerprint density at radius 2 is 2.16 bits per heavy atom. The van der Waals surface area contributed by atoms with Crippen molar-refractivity contribution in [2.24, 2.45) is 0 Å². The van der Waals surface area contributed by atoms with Gasteiger partial charge in [-0.15, -0.1) is 0 Å². The minimum absolute atomic E-state index is 0.245. The van der Waals surface area contributed by atoms with E-state index in [1.165, 1.54) is 0 Å². The lowest BCUT2D eigenvalue weighted by Crippen LogP contribution is -2.23. The summed E-state index contributed by atoms with van der Waals surface area (Å²) in [6.07, 6.45) is 2.50. The molecule has 4 nitrogen and oxygen atoms in total. The normalized spacial score (nSPS) is 9.53. The first-order chi connectivity index (χ1) is 9.29. The van der Waals surface area contributed by atoms with Gasteiger partial charge in [-0.1, -0.05) is 36.3 Å². The molecule has 0 atom stereocenters. The van der Waals surface area contributed by atoms with Crippen molar-refractivity contribution in [3.05, 3.63) is 42.2 Å². The molecule has 4 heteroatoms. The van der Waals surface area contributed by atoms with E-state index in [1.807, 2.05) is 30.3 Å².